The third-order valence-electron chi connectivity index (χ3n) is 2.44. The summed E-state index contributed by atoms with van der Waals surface area (Å²) in [6.45, 7) is 4.68. The molecule has 0 aliphatic carbocycles. The van der Waals surface area contributed by atoms with Crippen LogP contribution >= 0.6 is 11.6 Å². The van der Waals surface area contributed by atoms with Gasteiger partial charge in [-0.25, -0.2) is 4.39 Å². The zero-order valence-electron chi connectivity index (χ0n) is 10.7. The number of methoxy groups -OCH3 is 1. The SMILES string of the molecule is C=C(Cl)C(COc1ccc(C=O)cc1OC)=C(C)F. The molecular weight excluding hydrogens is 271 g/mol. The van der Waals surface area contributed by atoms with Crippen LogP contribution in [-0.4, -0.2) is 20.0 Å². The van der Waals surface area contributed by atoms with Crippen molar-refractivity contribution in [2.45, 2.75) is 6.92 Å². The summed E-state index contributed by atoms with van der Waals surface area (Å²) >= 11 is 5.68. The van der Waals surface area contributed by atoms with Crippen molar-refractivity contribution in [1.82, 2.24) is 0 Å². The molecule has 0 aromatic heterocycles. The minimum absolute atomic E-state index is 0.0680. The van der Waals surface area contributed by atoms with Gasteiger partial charge in [0, 0.05) is 16.2 Å². The van der Waals surface area contributed by atoms with E-state index in [0.29, 0.717) is 23.3 Å². The van der Waals surface area contributed by atoms with E-state index in [1.165, 1.54) is 20.1 Å². The second-order valence-corrected chi connectivity index (χ2v) is 4.19. The topological polar surface area (TPSA) is 35.5 Å². The Hall–Kier alpha value is -1.81. The molecule has 0 heterocycles. The van der Waals surface area contributed by atoms with Gasteiger partial charge in [0.05, 0.1) is 7.11 Å². The summed E-state index contributed by atoms with van der Waals surface area (Å²) in [5.41, 5.74) is 0.645. The third kappa shape index (κ3) is 4.10. The molecule has 0 aliphatic heterocycles. The zero-order chi connectivity index (χ0) is 14.4. The van der Waals surface area contributed by atoms with Crippen LogP contribution in [0, 0.1) is 0 Å². The fraction of sp³-hybridized carbons (Fsp3) is 0.214. The fourth-order valence-corrected chi connectivity index (χ4v) is 1.58. The number of ether oxygens (including phenoxy) is 2. The smallest absolute Gasteiger partial charge is 0.161 e. The Labute approximate surface area is 116 Å². The molecule has 0 fully saturated rings. The van der Waals surface area contributed by atoms with Crippen LogP contribution in [0.4, 0.5) is 4.39 Å². The highest BCUT2D eigenvalue weighted by Gasteiger charge is 2.10. The standard InChI is InChI=1S/C14H14ClFO3/c1-9(15)12(10(2)16)8-19-13-5-4-11(7-17)6-14(13)18-3/h4-7H,1,8H2,2-3H3. The lowest BCUT2D eigenvalue weighted by molar-refractivity contribution is 0.112. The van der Waals surface area contributed by atoms with E-state index in [1.54, 1.807) is 12.1 Å². The number of aldehydes is 1. The molecule has 0 bridgehead atoms. The van der Waals surface area contributed by atoms with Gasteiger partial charge in [-0.1, -0.05) is 18.2 Å². The van der Waals surface area contributed by atoms with Gasteiger partial charge in [0.25, 0.3) is 0 Å². The van der Waals surface area contributed by atoms with Gasteiger partial charge in [-0.3, -0.25) is 4.79 Å². The van der Waals surface area contributed by atoms with E-state index in [-0.39, 0.29) is 17.2 Å². The van der Waals surface area contributed by atoms with Gasteiger partial charge in [0.1, 0.15) is 18.7 Å². The summed E-state index contributed by atoms with van der Waals surface area (Å²) in [7, 11) is 1.45. The van der Waals surface area contributed by atoms with E-state index in [4.69, 9.17) is 21.1 Å². The summed E-state index contributed by atoms with van der Waals surface area (Å²) in [6, 6.07) is 4.68. The molecule has 3 nitrogen and oxygen atoms in total. The summed E-state index contributed by atoms with van der Waals surface area (Å²) < 4.78 is 23.7. The van der Waals surface area contributed by atoms with Crippen molar-refractivity contribution in [2.24, 2.45) is 0 Å². The molecule has 0 spiro atoms. The second-order valence-electron chi connectivity index (χ2n) is 3.73. The Morgan fingerprint density at radius 2 is 2.16 bits per heavy atom. The van der Waals surface area contributed by atoms with Gasteiger partial charge in [-0.05, 0) is 25.1 Å². The van der Waals surface area contributed by atoms with Crippen molar-refractivity contribution in [3.05, 3.63) is 46.8 Å². The molecule has 0 amide bonds. The van der Waals surface area contributed by atoms with E-state index in [0.717, 1.165) is 0 Å². The van der Waals surface area contributed by atoms with Crippen LogP contribution in [0.3, 0.4) is 0 Å². The van der Waals surface area contributed by atoms with Crippen LogP contribution in [0.2, 0.25) is 0 Å². The van der Waals surface area contributed by atoms with Crippen LogP contribution in [-0.2, 0) is 0 Å². The number of halogens is 2. The predicted octanol–water partition coefficient (Wildman–Crippen LogP) is 3.88. The largest absolute Gasteiger partial charge is 0.493 e. The summed E-state index contributed by atoms with van der Waals surface area (Å²) in [5, 5.41) is 0.0866. The first kappa shape index (κ1) is 15.2. The molecule has 1 aromatic carbocycles. The molecule has 0 aliphatic rings. The maximum Gasteiger partial charge on any atom is 0.161 e. The molecule has 0 saturated heterocycles. The van der Waals surface area contributed by atoms with Crippen LogP contribution < -0.4 is 9.47 Å². The van der Waals surface area contributed by atoms with Crippen molar-refractivity contribution in [1.29, 1.82) is 0 Å². The molecule has 0 N–H and O–H groups in total. The van der Waals surface area contributed by atoms with Crippen molar-refractivity contribution < 1.29 is 18.7 Å². The lowest BCUT2D eigenvalue weighted by Crippen LogP contribution is -2.04. The average molecular weight is 285 g/mol. The van der Waals surface area contributed by atoms with Crippen molar-refractivity contribution in [3.8, 4) is 11.5 Å². The highest BCUT2D eigenvalue weighted by Crippen LogP contribution is 2.29. The maximum atomic E-state index is 13.2. The van der Waals surface area contributed by atoms with E-state index in [2.05, 4.69) is 6.58 Å². The molecule has 0 saturated carbocycles. The number of carbonyl (C=O) groups is 1. The molecule has 1 aromatic rings. The maximum absolute atomic E-state index is 13.2. The first-order valence-corrected chi connectivity index (χ1v) is 5.83. The number of carbonyl (C=O) groups excluding carboxylic acids is 1. The van der Waals surface area contributed by atoms with Gasteiger partial charge in [-0.2, -0.15) is 0 Å². The van der Waals surface area contributed by atoms with Crippen LogP contribution in [0.15, 0.2) is 41.2 Å². The quantitative estimate of drug-likeness (QED) is 0.587. The van der Waals surface area contributed by atoms with Crippen molar-refractivity contribution in [2.75, 3.05) is 13.7 Å². The first-order chi connectivity index (χ1) is 8.99. The van der Waals surface area contributed by atoms with E-state index in [9.17, 15) is 9.18 Å². The molecule has 5 heteroatoms. The second kappa shape index (κ2) is 6.95. The van der Waals surface area contributed by atoms with Gasteiger partial charge in [0.15, 0.2) is 11.5 Å². The normalized spacial score (nSPS) is 11.6. The third-order valence-corrected chi connectivity index (χ3v) is 2.67. The number of benzene rings is 1. The Balaban J connectivity index is 2.91. The van der Waals surface area contributed by atoms with Crippen molar-refractivity contribution >= 4 is 17.9 Å². The minimum atomic E-state index is -0.455. The minimum Gasteiger partial charge on any atom is -0.493 e. The van der Waals surface area contributed by atoms with Gasteiger partial charge in [0.2, 0.25) is 0 Å². The number of allylic oxidation sites excluding steroid dienone is 1. The Kier molecular flexibility index (Phi) is 5.57. The molecule has 19 heavy (non-hydrogen) atoms. The molecule has 0 unspecified atom stereocenters. The number of hydrogen-bond donors (Lipinski definition) is 0. The summed E-state index contributed by atoms with van der Waals surface area (Å²) in [4.78, 5) is 10.6. The van der Waals surface area contributed by atoms with E-state index < -0.39 is 5.83 Å². The molecule has 1 rings (SSSR count). The monoisotopic (exact) mass is 284 g/mol. The molecule has 0 radical (unpaired) electrons. The Bertz CT molecular complexity index is 519. The number of rotatable bonds is 6. The van der Waals surface area contributed by atoms with Gasteiger partial charge in [-0.15, -0.1) is 0 Å². The molecular formula is C14H14ClFO3. The Morgan fingerprint density at radius 3 is 2.63 bits per heavy atom. The van der Waals surface area contributed by atoms with Crippen LogP contribution in [0.1, 0.15) is 17.3 Å². The lowest BCUT2D eigenvalue weighted by atomic mass is 10.2. The van der Waals surface area contributed by atoms with Gasteiger partial charge < -0.3 is 9.47 Å². The summed E-state index contributed by atoms with van der Waals surface area (Å²) in [5.74, 6) is 0.328. The fourth-order valence-electron chi connectivity index (χ4n) is 1.39. The summed E-state index contributed by atoms with van der Waals surface area (Å²) in [6.07, 6.45) is 0.698. The van der Waals surface area contributed by atoms with E-state index >= 15 is 0 Å². The average Bonchev–Trinajstić information content (AvgIpc) is 2.38. The zero-order valence-corrected chi connectivity index (χ0v) is 11.5. The van der Waals surface area contributed by atoms with Crippen LogP contribution in [0.5, 0.6) is 11.5 Å². The predicted molar refractivity (Wildman–Crippen MR) is 72.7 cm³/mol. The van der Waals surface area contributed by atoms with E-state index in [1.807, 2.05) is 0 Å². The highest BCUT2D eigenvalue weighted by molar-refractivity contribution is 6.31. The van der Waals surface area contributed by atoms with Crippen molar-refractivity contribution in [3.63, 3.8) is 0 Å². The number of hydrogen-bond acceptors (Lipinski definition) is 3. The molecule has 0 atom stereocenters. The highest BCUT2D eigenvalue weighted by atomic mass is 35.5. The lowest BCUT2D eigenvalue weighted by Gasteiger charge is -2.12. The Morgan fingerprint density at radius 1 is 1.47 bits per heavy atom. The van der Waals surface area contributed by atoms with Crippen LogP contribution in [0.25, 0.3) is 0 Å². The molecule has 102 valence electrons. The van der Waals surface area contributed by atoms with Gasteiger partial charge >= 0.3 is 0 Å². The first-order valence-electron chi connectivity index (χ1n) is 5.45.